The van der Waals surface area contributed by atoms with Crippen molar-refractivity contribution in [2.24, 2.45) is 7.05 Å². The van der Waals surface area contributed by atoms with Crippen molar-refractivity contribution in [1.82, 2.24) is 14.5 Å². The van der Waals surface area contributed by atoms with Gasteiger partial charge in [-0.05, 0) is 50.9 Å². The standard InChI is InChI=1S/C17H25N3O/c1-12-6-4-5-9-20(12)11-17(21)14-7-8-16-15(10-14)18-13(2)19(16)3/h7-8,10,12,17,21H,4-6,9,11H2,1-3H3. The van der Waals surface area contributed by atoms with Gasteiger partial charge in [0.1, 0.15) is 5.82 Å². The Labute approximate surface area is 126 Å². The van der Waals surface area contributed by atoms with E-state index in [2.05, 4.69) is 27.4 Å². The zero-order valence-electron chi connectivity index (χ0n) is 13.2. The van der Waals surface area contributed by atoms with E-state index < -0.39 is 6.10 Å². The van der Waals surface area contributed by atoms with Gasteiger partial charge in [0.2, 0.25) is 0 Å². The monoisotopic (exact) mass is 287 g/mol. The van der Waals surface area contributed by atoms with E-state index in [4.69, 9.17) is 0 Å². The van der Waals surface area contributed by atoms with E-state index >= 15 is 0 Å². The van der Waals surface area contributed by atoms with Gasteiger partial charge in [0, 0.05) is 19.6 Å². The minimum absolute atomic E-state index is 0.433. The van der Waals surface area contributed by atoms with Crippen LogP contribution in [0.3, 0.4) is 0 Å². The third kappa shape index (κ3) is 2.83. The summed E-state index contributed by atoms with van der Waals surface area (Å²) in [5.74, 6) is 1.00. The number of hydrogen-bond donors (Lipinski definition) is 1. The van der Waals surface area contributed by atoms with Crippen molar-refractivity contribution in [2.75, 3.05) is 13.1 Å². The Morgan fingerprint density at radius 1 is 1.38 bits per heavy atom. The minimum Gasteiger partial charge on any atom is -0.387 e. The molecule has 4 nitrogen and oxygen atoms in total. The molecule has 2 heterocycles. The van der Waals surface area contributed by atoms with Crippen molar-refractivity contribution in [3.63, 3.8) is 0 Å². The van der Waals surface area contributed by atoms with Gasteiger partial charge in [-0.1, -0.05) is 12.5 Å². The highest BCUT2D eigenvalue weighted by Gasteiger charge is 2.21. The maximum absolute atomic E-state index is 10.5. The van der Waals surface area contributed by atoms with Gasteiger partial charge in [0.15, 0.2) is 0 Å². The molecule has 0 saturated carbocycles. The summed E-state index contributed by atoms with van der Waals surface area (Å²) in [6.45, 7) is 6.09. The van der Waals surface area contributed by atoms with E-state index in [0.29, 0.717) is 6.04 Å². The van der Waals surface area contributed by atoms with Crippen LogP contribution in [-0.4, -0.2) is 38.7 Å². The molecule has 114 valence electrons. The van der Waals surface area contributed by atoms with Crippen LogP contribution in [0.25, 0.3) is 11.0 Å². The van der Waals surface area contributed by atoms with Crippen LogP contribution < -0.4 is 0 Å². The molecule has 0 amide bonds. The summed E-state index contributed by atoms with van der Waals surface area (Å²) in [7, 11) is 2.02. The predicted molar refractivity (Wildman–Crippen MR) is 85.3 cm³/mol. The largest absolute Gasteiger partial charge is 0.387 e. The molecule has 2 unspecified atom stereocenters. The Hall–Kier alpha value is -1.39. The lowest BCUT2D eigenvalue weighted by atomic mass is 10.0. The zero-order chi connectivity index (χ0) is 15.0. The Kier molecular flexibility index (Phi) is 4.00. The van der Waals surface area contributed by atoms with Gasteiger partial charge in [-0.25, -0.2) is 4.98 Å². The molecule has 1 fully saturated rings. The fraction of sp³-hybridized carbons (Fsp3) is 0.588. The second-order valence-electron chi connectivity index (χ2n) is 6.32. The fourth-order valence-corrected chi connectivity index (χ4v) is 3.30. The maximum atomic E-state index is 10.5. The minimum atomic E-state index is -0.433. The molecule has 1 aromatic heterocycles. The van der Waals surface area contributed by atoms with Gasteiger partial charge in [0.05, 0.1) is 17.1 Å². The Morgan fingerprint density at radius 3 is 2.95 bits per heavy atom. The first-order chi connectivity index (χ1) is 10.1. The Morgan fingerprint density at radius 2 is 2.19 bits per heavy atom. The van der Waals surface area contributed by atoms with Gasteiger partial charge in [-0.3, -0.25) is 4.90 Å². The maximum Gasteiger partial charge on any atom is 0.106 e. The van der Waals surface area contributed by atoms with E-state index in [-0.39, 0.29) is 0 Å². The van der Waals surface area contributed by atoms with Crippen molar-refractivity contribution in [2.45, 2.75) is 45.3 Å². The van der Waals surface area contributed by atoms with Crippen LogP contribution in [0.4, 0.5) is 0 Å². The van der Waals surface area contributed by atoms with Crippen LogP contribution in [0.2, 0.25) is 0 Å². The molecule has 2 aromatic rings. The average Bonchev–Trinajstić information content (AvgIpc) is 2.76. The zero-order valence-corrected chi connectivity index (χ0v) is 13.2. The van der Waals surface area contributed by atoms with Crippen molar-refractivity contribution in [3.8, 4) is 0 Å². The normalized spacial score (nSPS) is 21.8. The summed E-state index contributed by atoms with van der Waals surface area (Å²) < 4.78 is 2.08. The van der Waals surface area contributed by atoms with Crippen LogP contribution in [-0.2, 0) is 7.05 Å². The van der Waals surface area contributed by atoms with E-state index in [1.807, 2.05) is 26.1 Å². The number of fused-ring (bicyclic) bond motifs is 1. The number of benzene rings is 1. The number of aliphatic hydroxyl groups is 1. The van der Waals surface area contributed by atoms with Crippen LogP contribution in [0.15, 0.2) is 18.2 Å². The summed E-state index contributed by atoms with van der Waals surface area (Å²) >= 11 is 0. The van der Waals surface area contributed by atoms with Crippen molar-refractivity contribution in [3.05, 3.63) is 29.6 Å². The summed E-state index contributed by atoms with van der Waals surface area (Å²) in [5, 5.41) is 10.5. The molecular weight excluding hydrogens is 262 g/mol. The van der Waals surface area contributed by atoms with Gasteiger partial charge in [0.25, 0.3) is 0 Å². The van der Waals surface area contributed by atoms with Crippen molar-refractivity contribution in [1.29, 1.82) is 0 Å². The van der Waals surface area contributed by atoms with E-state index in [1.54, 1.807) is 0 Å². The third-order valence-corrected chi connectivity index (χ3v) is 4.86. The molecule has 3 rings (SSSR count). The SMILES string of the molecule is Cc1nc2cc(C(O)CN3CCCCC3C)ccc2n1C. The number of likely N-dealkylation sites (tertiary alicyclic amines) is 1. The number of aryl methyl sites for hydroxylation is 2. The first-order valence-electron chi connectivity index (χ1n) is 7.91. The van der Waals surface area contributed by atoms with Gasteiger partial charge in [-0.2, -0.15) is 0 Å². The molecule has 0 bridgehead atoms. The number of rotatable bonds is 3. The number of piperidine rings is 1. The highest BCUT2D eigenvalue weighted by atomic mass is 16.3. The average molecular weight is 287 g/mol. The molecule has 0 radical (unpaired) electrons. The molecule has 1 aromatic carbocycles. The van der Waals surface area contributed by atoms with Gasteiger partial charge >= 0.3 is 0 Å². The highest BCUT2D eigenvalue weighted by molar-refractivity contribution is 5.76. The van der Waals surface area contributed by atoms with Crippen LogP contribution in [0.5, 0.6) is 0 Å². The Balaban J connectivity index is 1.79. The number of imidazole rings is 1. The lowest BCUT2D eigenvalue weighted by Crippen LogP contribution is -2.40. The van der Waals surface area contributed by atoms with Crippen molar-refractivity contribution >= 4 is 11.0 Å². The van der Waals surface area contributed by atoms with Crippen LogP contribution in [0, 0.1) is 6.92 Å². The second kappa shape index (κ2) is 5.78. The molecule has 0 spiro atoms. The molecule has 2 atom stereocenters. The molecule has 1 aliphatic rings. The smallest absolute Gasteiger partial charge is 0.106 e. The molecule has 1 saturated heterocycles. The lowest BCUT2D eigenvalue weighted by Gasteiger charge is -2.34. The summed E-state index contributed by atoms with van der Waals surface area (Å²) in [6, 6.07) is 6.70. The van der Waals surface area contributed by atoms with Crippen molar-refractivity contribution < 1.29 is 5.11 Å². The third-order valence-electron chi connectivity index (χ3n) is 4.86. The summed E-state index contributed by atoms with van der Waals surface area (Å²) in [6.07, 6.45) is 3.37. The topological polar surface area (TPSA) is 41.3 Å². The highest BCUT2D eigenvalue weighted by Crippen LogP contribution is 2.24. The van der Waals surface area contributed by atoms with Gasteiger partial charge < -0.3 is 9.67 Å². The predicted octanol–water partition coefficient (Wildman–Crippen LogP) is 2.79. The first kappa shape index (κ1) is 14.5. The number of aromatic nitrogens is 2. The number of hydrogen-bond acceptors (Lipinski definition) is 3. The molecule has 1 aliphatic heterocycles. The van der Waals surface area contributed by atoms with E-state index in [1.165, 1.54) is 19.3 Å². The molecule has 0 aliphatic carbocycles. The summed E-state index contributed by atoms with van der Waals surface area (Å²) in [4.78, 5) is 6.96. The molecule has 21 heavy (non-hydrogen) atoms. The van der Waals surface area contributed by atoms with E-state index in [9.17, 15) is 5.11 Å². The second-order valence-corrected chi connectivity index (χ2v) is 6.32. The van der Waals surface area contributed by atoms with Crippen LogP contribution >= 0.6 is 0 Å². The summed E-state index contributed by atoms with van der Waals surface area (Å²) in [5.41, 5.74) is 3.06. The van der Waals surface area contributed by atoms with Crippen LogP contribution in [0.1, 0.15) is 43.7 Å². The first-order valence-corrected chi connectivity index (χ1v) is 7.91. The molecule has 4 heteroatoms. The number of aliphatic hydroxyl groups excluding tert-OH is 1. The van der Waals surface area contributed by atoms with E-state index in [0.717, 1.165) is 35.5 Å². The number of nitrogens with zero attached hydrogens (tertiary/aromatic N) is 3. The molecular formula is C17H25N3O. The number of β-amino-alcohol motifs (C(OH)–C–C–N with tert-alkyl or cyclic N) is 1. The quantitative estimate of drug-likeness (QED) is 0.944. The Bertz CT molecular complexity index is 634. The lowest BCUT2D eigenvalue weighted by molar-refractivity contribution is 0.0733. The fourth-order valence-electron chi connectivity index (χ4n) is 3.30. The molecule has 1 N–H and O–H groups in total. The van der Waals surface area contributed by atoms with Gasteiger partial charge in [-0.15, -0.1) is 0 Å².